The molecule has 0 aliphatic rings. The molecule has 1 atom stereocenters. The molecule has 1 aromatic rings. The number of alkyl halides is 1. The van der Waals surface area contributed by atoms with E-state index in [1.54, 1.807) is 7.11 Å². The maximum Gasteiger partial charge on any atom is 0.147 e. The summed E-state index contributed by atoms with van der Waals surface area (Å²) < 4.78 is 27.4. The van der Waals surface area contributed by atoms with Crippen molar-refractivity contribution in [2.24, 2.45) is 5.92 Å². The number of methoxy groups -OCH3 is 1. The molecule has 18 heavy (non-hydrogen) atoms. The Kier molecular flexibility index (Phi) is 6.15. The molecule has 0 bridgehead atoms. The molecular weight excluding hydrogens is 316 g/mol. The molecule has 1 rings (SSSR count). The minimum atomic E-state index is -2.87. The van der Waals surface area contributed by atoms with E-state index in [1.165, 1.54) is 11.8 Å². The van der Waals surface area contributed by atoms with Crippen molar-refractivity contribution in [3.05, 3.63) is 29.8 Å². The second kappa shape index (κ2) is 7.14. The van der Waals surface area contributed by atoms with Crippen LogP contribution in [0.25, 0.3) is 0 Å². The summed E-state index contributed by atoms with van der Waals surface area (Å²) >= 11 is 3.45. The van der Waals surface area contributed by atoms with Crippen LogP contribution in [0, 0.1) is 5.92 Å². The van der Waals surface area contributed by atoms with Crippen LogP contribution in [0.3, 0.4) is 0 Å². The van der Waals surface area contributed by atoms with E-state index in [-0.39, 0.29) is 5.75 Å². The van der Waals surface area contributed by atoms with Crippen LogP contribution in [-0.4, -0.2) is 32.9 Å². The average Bonchev–Trinajstić information content (AvgIpc) is 2.34. The fourth-order valence-corrected chi connectivity index (χ4v) is 3.02. The molecule has 0 saturated carbocycles. The van der Waals surface area contributed by atoms with Gasteiger partial charge in [0.15, 0.2) is 0 Å². The van der Waals surface area contributed by atoms with Gasteiger partial charge in [0.25, 0.3) is 0 Å². The molecule has 3 nitrogen and oxygen atoms in total. The second-order valence-electron chi connectivity index (χ2n) is 4.49. The van der Waals surface area contributed by atoms with Crippen LogP contribution in [0.1, 0.15) is 12.0 Å². The summed E-state index contributed by atoms with van der Waals surface area (Å²) in [6.07, 6.45) is 2.85. The molecule has 0 heterocycles. The number of benzene rings is 1. The van der Waals surface area contributed by atoms with E-state index in [0.29, 0.717) is 12.3 Å². The van der Waals surface area contributed by atoms with Gasteiger partial charge in [0.05, 0.1) is 12.9 Å². The lowest BCUT2D eigenvalue weighted by atomic mass is 9.99. The standard InChI is InChI=1S/C13H19BrO3S/c1-17-13-5-3-11(4-6-13)9-12(10-14)7-8-18(2,15)16/h3-6,12H,7-10H2,1-2H3. The lowest BCUT2D eigenvalue weighted by Crippen LogP contribution is -2.13. The molecule has 0 aromatic heterocycles. The maximum absolute atomic E-state index is 11.2. The Hall–Kier alpha value is -0.550. The predicted molar refractivity (Wildman–Crippen MR) is 78.3 cm³/mol. The first-order valence-corrected chi connectivity index (χ1v) is 8.99. The van der Waals surface area contributed by atoms with Crippen molar-refractivity contribution in [1.29, 1.82) is 0 Å². The zero-order valence-electron chi connectivity index (χ0n) is 10.7. The number of rotatable bonds is 7. The van der Waals surface area contributed by atoms with Crippen LogP contribution in [-0.2, 0) is 16.3 Å². The highest BCUT2D eigenvalue weighted by Gasteiger charge is 2.12. The fourth-order valence-electron chi connectivity index (χ4n) is 1.71. The summed E-state index contributed by atoms with van der Waals surface area (Å²) in [7, 11) is -1.23. The van der Waals surface area contributed by atoms with Gasteiger partial charge in [0, 0.05) is 11.6 Å². The van der Waals surface area contributed by atoms with Gasteiger partial charge in [-0.3, -0.25) is 0 Å². The Morgan fingerprint density at radius 3 is 2.33 bits per heavy atom. The van der Waals surface area contributed by atoms with Crippen LogP contribution >= 0.6 is 15.9 Å². The Bertz CT molecular complexity index is 454. The molecule has 102 valence electrons. The van der Waals surface area contributed by atoms with E-state index < -0.39 is 9.84 Å². The number of sulfone groups is 1. The second-order valence-corrected chi connectivity index (χ2v) is 7.40. The van der Waals surface area contributed by atoms with Gasteiger partial charge in [0.1, 0.15) is 15.6 Å². The molecule has 1 unspecified atom stereocenters. The minimum Gasteiger partial charge on any atom is -0.497 e. The van der Waals surface area contributed by atoms with E-state index in [0.717, 1.165) is 17.5 Å². The van der Waals surface area contributed by atoms with Crippen LogP contribution in [0.4, 0.5) is 0 Å². The summed E-state index contributed by atoms with van der Waals surface area (Å²) in [6, 6.07) is 7.90. The van der Waals surface area contributed by atoms with Crippen molar-refractivity contribution in [2.45, 2.75) is 12.8 Å². The van der Waals surface area contributed by atoms with Gasteiger partial charge >= 0.3 is 0 Å². The molecule has 1 aromatic carbocycles. The van der Waals surface area contributed by atoms with Gasteiger partial charge in [-0.05, 0) is 36.5 Å². The van der Waals surface area contributed by atoms with Crippen molar-refractivity contribution in [1.82, 2.24) is 0 Å². The molecule has 0 fully saturated rings. The number of ether oxygens (including phenoxy) is 1. The number of hydrogen-bond donors (Lipinski definition) is 0. The quantitative estimate of drug-likeness (QED) is 0.720. The predicted octanol–water partition coefficient (Wildman–Crippen LogP) is 2.68. The van der Waals surface area contributed by atoms with E-state index in [1.807, 2.05) is 24.3 Å². The average molecular weight is 335 g/mol. The number of halogens is 1. The summed E-state index contributed by atoms with van der Waals surface area (Å²) in [5.74, 6) is 1.43. The molecule has 0 radical (unpaired) electrons. The normalized spacial score (nSPS) is 13.3. The molecule has 0 spiro atoms. The maximum atomic E-state index is 11.2. The third-order valence-electron chi connectivity index (χ3n) is 2.80. The van der Waals surface area contributed by atoms with Crippen LogP contribution in [0.5, 0.6) is 5.75 Å². The topological polar surface area (TPSA) is 43.4 Å². The Balaban J connectivity index is 2.56. The first-order valence-electron chi connectivity index (χ1n) is 5.81. The Labute approximate surface area is 118 Å². The zero-order valence-corrected chi connectivity index (χ0v) is 13.1. The van der Waals surface area contributed by atoms with E-state index in [2.05, 4.69) is 15.9 Å². The van der Waals surface area contributed by atoms with Gasteiger partial charge in [-0.1, -0.05) is 28.1 Å². The Morgan fingerprint density at radius 1 is 1.28 bits per heavy atom. The van der Waals surface area contributed by atoms with E-state index in [9.17, 15) is 8.42 Å². The lowest BCUT2D eigenvalue weighted by Gasteiger charge is -2.13. The SMILES string of the molecule is COc1ccc(CC(CBr)CCS(C)(=O)=O)cc1. The molecular formula is C13H19BrO3S. The van der Waals surface area contributed by atoms with Crippen LogP contribution in [0.15, 0.2) is 24.3 Å². The summed E-state index contributed by atoms with van der Waals surface area (Å²) in [5.41, 5.74) is 1.20. The summed E-state index contributed by atoms with van der Waals surface area (Å²) in [6.45, 7) is 0. The van der Waals surface area contributed by atoms with Crippen molar-refractivity contribution in [2.75, 3.05) is 24.4 Å². The summed E-state index contributed by atoms with van der Waals surface area (Å²) in [5, 5.41) is 0.814. The fraction of sp³-hybridized carbons (Fsp3) is 0.538. The smallest absolute Gasteiger partial charge is 0.147 e. The Morgan fingerprint density at radius 2 is 1.89 bits per heavy atom. The highest BCUT2D eigenvalue weighted by Crippen LogP contribution is 2.18. The van der Waals surface area contributed by atoms with Crippen LogP contribution in [0.2, 0.25) is 0 Å². The highest BCUT2D eigenvalue weighted by molar-refractivity contribution is 9.09. The molecule has 0 aliphatic heterocycles. The highest BCUT2D eigenvalue weighted by atomic mass is 79.9. The number of hydrogen-bond acceptors (Lipinski definition) is 3. The largest absolute Gasteiger partial charge is 0.497 e. The molecule has 5 heteroatoms. The van der Waals surface area contributed by atoms with Crippen molar-refractivity contribution in [3.8, 4) is 5.75 Å². The van der Waals surface area contributed by atoms with E-state index >= 15 is 0 Å². The van der Waals surface area contributed by atoms with Gasteiger partial charge in [-0.15, -0.1) is 0 Å². The third-order valence-corrected chi connectivity index (χ3v) is 4.69. The lowest BCUT2D eigenvalue weighted by molar-refractivity contribution is 0.414. The van der Waals surface area contributed by atoms with Gasteiger partial charge in [-0.25, -0.2) is 8.42 Å². The minimum absolute atomic E-state index is 0.249. The molecule has 0 aliphatic carbocycles. The van der Waals surface area contributed by atoms with Gasteiger partial charge < -0.3 is 4.74 Å². The molecule has 0 N–H and O–H groups in total. The van der Waals surface area contributed by atoms with Crippen molar-refractivity contribution < 1.29 is 13.2 Å². The monoisotopic (exact) mass is 334 g/mol. The molecule has 0 amide bonds. The molecule has 0 saturated heterocycles. The first-order chi connectivity index (χ1) is 8.44. The summed E-state index contributed by atoms with van der Waals surface area (Å²) in [4.78, 5) is 0. The van der Waals surface area contributed by atoms with Crippen molar-refractivity contribution in [3.63, 3.8) is 0 Å². The van der Waals surface area contributed by atoms with E-state index in [4.69, 9.17) is 4.74 Å². The van der Waals surface area contributed by atoms with Crippen LogP contribution < -0.4 is 4.74 Å². The van der Waals surface area contributed by atoms with Gasteiger partial charge in [0.2, 0.25) is 0 Å². The van der Waals surface area contributed by atoms with Crippen molar-refractivity contribution >= 4 is 25.8 Å². The third kappa shape index (κ3) is 5.87. The zero-order chi connectivity index (χ0) is 13.6. The van der Waals surface area contributed by atoms with Gasteiger partial charge in [-0.2, -0.15) is 0 Å². The first kappa shape index (κ1) is 15.5.